The van der Waals surface area contributed by atoms with Gasteiger partial charge in [-0.05, 0) is 121 Å². The number of ether oxygens (including phenoxy) is 1. The van der Waals surface area contributed by atoms with Crippen molar-refractivity contribution >= 4 is 23.5 Å². The SMILES string of the molecule is C=C(C)/C=C\C(C)=C/C.CC.CCC.CCCSc1ccc(C)cc1.CCS/C(=C/C=C(C)C)CC.Cc1ccc(OCc2ccccn2)cc1.Cc1ccccc1. The highest BCUT2D eigenvalue weighted by Gasteiger charge is 1.96. The summed E-state index contributed by atoms with van der Waals surface area (Å²) >= 11 is 3.86. The number of hydrogen-bond acceptors (Lipinski definition) is 4. The van der Waals surface area contributed by atoms with Crippen LogP contribution in [0.2, 0.25) is 0 Å². The molecule has 0 fully saturated rings. The average molecular weight is 824 g/mol. The second-order valence-electron chi connectivity index (χ2n) is 13.3. The fourth-order valence-electron chi connectivity index (χ4n) is 3.75. The van der Waals surface area contributed by atoms with Gasteiger partial charge in [-0.25, -0.2) is 0 Å². The molecule has 0 spiro atoms. The van der Waals surface area contributed by atoms with E-state index in [9.17, 15) is 0 Å². The molecule has 0 amide bonds. The summed E-state index contributed by atoms with van der Waals surface area (Å²) < 4.78 is 5.58. The fraction of sp³-hybridized carbons (Fsp3) is 0.389. The maximum Gasteiger partial charge on any atom is 0.130 e. The molecule has 0 aliphatic rings. The summed E-state index contributed by atoms with van der Waals surface area (Å²) in [5.41, 5.74) is 8.58. The van der Waals surface area contributed by atoms with Crippen molar-refractivity contribution in [3.05, 3.63) is 184 Å². The molecule has 0 bridgehead atoms. The van der Waals surface area contributed by atoms with E-state index in [0.717, 1.165) is 23.4 Å². The smallest absolute Gasteiger partial charge is 0.130 e. The highest BCUT2D eigenvalue weighted by Crippen LogP contribution is 2.19. The highest BCUT2D eigenvalue weighted by molar-refractivity contribution is 8.03. The van der Waals surface area contributed by atoms with E-state index >= 15 is 0 Å². The average Bonchev–Trinajstić information content (AvgIpc) is 3.23. The van der Waals surface area contributed by atoms with E-state index in [-0.39, 0.29) is 0 Å². The Morgan fingerprint density at radius 3 is 1.64 bits per heavy atom. The minimum atomic E-state index is 0.518. The van der Waals surface area contributed by atoms with Crippen molar-refractivity contribution in [1.29, 1.82) is 0 Å². The molecule has 4 heteroatoms. The summed E-state index contributed by atoms with van der Waals surface area (Å²) in [4.78, 5) is 7.05. The Bertz CT molecular complexity index is 1610. The lowest BCUT2D eigenvalue weighted by Crippen LogP contribution is -1.97. The third-order valence-corrected chi connectivity index (χ3v) is 9.24. The minimum absolute atomic E-state index is 0.518. The first kappa shape index (κ1) is 58.3. The molecule has 2 nitrogen and oxygen atoms in total. The van der Waals surface area contributed by atoms with Gasteiger partial charge in [-0.3, -0.25) is 4.98 Å². The predicted molar refractivity (Wildman–Crippen MR) is 270 cm³/mol. The molecule has 4 rings (SSSR count). The van der Waals surface area contributed by atoms with Gasteiger partial charge in [0.2, 0.25) is 0 Å². The molecule has 0 N–H and O–H groups in total. The van der Waals surface area contributed by atoms with Crippen LogP contribution in [-0.4, -0.2) is 16.5 Å². The number of thioether (sulfide) groups is 2. The maximum absolute atomic E-state index is 5.58. The van der Waals surface area contributed by atoms with Crippen LogP contribution in [0, 0.1) is 20.8 Å². The molecule has 1 aromatic heterocycles. The van der Waals surface area contributed by atoms with E-state index in [1.807, 2.05) is 118 Å². The fourth-order valence-corrected chi connectivity index (χ4v) is 5.25. The first-order valence-electron chi connectivity index (χ1n) is 21.1. The van der Waals surface area contributed by atoms with Gasteiger partial charge in [0.25, 0.3) is 0 Å². The molecule has 0 unspecified atom stereocenters. The van der Waals surface area contributed by atoms with Crippen LogP contribution in [0.25, 0.3) is 0 Å². The van der Waals surface area contributed by atoms with Gasteiger partial charge in [0.05, 0.1) is 5.69 Å². The molecule has 0 aliphatic heterocycles. The Hall–Kier alpha value is -3.99. The van der Waals surface area contributed by atoms with E-state index in [4.69, 9.17) is 4.74 Å². The van der Waals surface area contributed by atoms with E-state index in [0.29, 0.717) is 6.61 Å². The predicted octanol–water partition coefficient (Wildman–Crippen LogP) is 18.0. The first-order chi connectivity index (χ1) is 27.8. The van der Waals surface area contributed by atoms with Crippen molar-refractivity contribution in [3.8, 4) is 5.75 Å². The number of allylic oxidation sites excluding steroid dienone is 9. The Labute approximate surface area is 367 Å². The van der Waals surface area contributed by atoms with Crippen LogP contribution < -0.4 is 4.74 Å². The third-order valence-electron chi connectivity index (χ3n) is 6.93. The molecule has 0 aliphatic carbocycles. The molecule has 58 heavy (non-hydrogen) atoms. The van der Waals surface area contributed by atoms with E-state index in [1.54, 1.807) is 6.20 Å². The lowest BCUT2D eigenvalue weighted by Gasteiger charge is -2.05. The number of nitrogens with zero attached hydrogens (tertiary/aromatic N) is 1. The standard InChI is InChI=1S/C13H13NO.C10H14S.C10H18S.C9H14.C7H8.C3H8.C2H6/c1-11-5-7-13(8-6-11)15-10-12-4-2-3-9-14-12;1-3-8-11-10-6-4-9(2)5-7-10;1-5-10(11-6-2)8-7-9(3)4;1-5-9(4)7-6-8(2)3;1-7-5-3-2-4-6-7;1-3-2;1-2/h2-9H,10H2,1H3;4-7H,3,8H2,1-2H3;7-8H,5-6H2,1-4H3;5-7H,2H2,1,3-4H3;2-6H,1H3;3H2,1-2H3;1-2H3/b;;10-8+;7-6-,9-5-;;;. The molecular formula is C54H81NOS2. The second kappa shape index (κ2) is 42.6. The largest absolute Gasteiger partial charge is 0.487 e. The van der Waals surface area contributed by atoms with Crippen LogP contribution in [0.1, 0.15) is 125 Å². The Kier molecular flexibility index (Phi) is 42.9. The lowest BCUT2D eigenvalue weighted by molar-refractivity contribution is 0.301. The van der Waals surface area contributed by atoms with Crippen LogP contribution in [0.3, 0.4) is 0 Å². The number of benzene rings is 3. The summed E-state index contributed by atoms with van der Waals surface area (Å²) in [5.74, 6) is 3.28. The van der Waals surface area contributed by atoms with E-state index in [2.05, 4.69) is 148 Å². The summed E-state index contributed by atoms with van der Waals surface area (Å²) in [6, 6.07) is 32.8. The summed E-state index contributed by atoms with van der Waals surface area (Å²) in [6.07, 6.45) is 16.0. The molecule has 1 heterocycles. The number of aromatic nitrogens is 1. The minimum Gasteiger partial charge on any atom is -0.487 e. The molecule has 0 saturated carbocycles. The van der Waals surface area contributed by atoms with Crippen LogP contribution in [0.5, 0.6) is 5.75 Å². The normalized spacial score (nSPS) is 10.1. The zero-order valence-corrected chi connectivity index (χ0v) is 41.0. The monoisotopic (exact) mass is 824 g/mol. The van der Waals surface area contributed by atoms with Crippen molar-refractivity contribution in [2.24, 2.45) is 0 Å². The van der Waals surface area contributed by atoms with Gasteiger partial charge in [-0.15, -0.1) is 23.5 Å². The highest BCUT2D eigenvalue weighted by atomic mass is 32.2. The van der Waals surface area contributed by atoms with Crippen molar-refractivity contribution in [3.63, 3.8) is 0 Å². The molecule has 320 valence electrons. The van der Waals surface area contributed by atoms with Crippen LogP contribution in [-0.2, 0) is 6.61 Å². The van der Waals surface area contributed by atoms with Gasteiger partial charge in [-0.2, -0.15) is 0 Å². The zero-order chi connectivity index (χ0) is 44.4. The summed E-state index contributed by atoms with van der Waals surface area (Å²) in [7, 11) is 0. The van der Waals surface area contributed by atoms with Crippen molar-refractivity contribution in [2.75, 3.05) is 11.5 Å². The number of rotatable bonds is 12. The lowest BCUT2D eigenvalue weighted by atomic mass is 10.2. The Balaban J connectivity index is -0.000000646. The molecule has 0 saturated heterocycles. The third kappa shape index (κ3) is 40.2. The van der Waals surface area contributed by atoms with Gasteiger partial charge in [0, 0.05) is 11.1 Å². The Morgan fingerprint density at radius 2 is 1.22 bits per heavy atom. The first-order valence-corrected chi connectivity index (χ1v) is 23.1. The van der Waals surface area contributed by atoms with Crippen molar-refractivity contribution < 1.29 is 4.74 Å². The number of hydrogen-bond donors (Lipinski definition) is 0. The van der Waals surface area contributed by atoms with Gasteiger partial charge in [0.1, 0.15) is 12.4 Å². The zero-order valence-electron chi connectivity index (χ0n) is 39.3. The number of pyridine rings is 1. The van der Waals surface area contributed by atoms with Gasteiger partial charge >= 0.3 is 0 Å². The molecule has 0 atom stereocenters. The molecule has 4 aromatic rings. The van der Waals surface area contributed by atoms with Crippen molar-refractivity contribution in [2.45, 2.75) is 135 Å². The number of aryl methyl sites for hydroxylation is 3. The topological polar surface area (TPSA) is 22.1 Å². The molecular weight excluding hydrogens is 743 g/mol. The van der Waals surface area contributed by atoms with Gasteiger partial charge < -0.3 is 4.74 Å². The van der Waals surface area contributed by atoms with E-state index < -0.39 is 0 Å². The summed E-state index contributed by atoms with van der Waals surface area (Å²) in [6.45, 7) is 35.7. The second-order valence-corrected chi connectivity index (χ2v) is 15.9. The van der Waals surface area contributed by atoms with Gasteiger partial charge in [-0.1, -0.05) is 186 Å². The van der Waals surface area contributed by atoms with Gasteiger partial charge in [0.15, 0.2) is 0 Å². The Morgan fingerprint density at radius 1 is 0.690 bits per heavy atom. The van der Waals surface area contributed by atoms with E-state index in [1.165, 1.54) is 62.0 Å². The van der Waals surface area contributed by atoms with Crippen LogP contribution >= 0.6 is 23.5 Å². The van der Waals surface area contributed by atoms with Crippen LogP contribution in [0.15, 0.2) is 167 Å². The maximum atomic E-state index is 5.58. The molecule has 0 radical (unpaired) electrons. The quantitative estimate of drug-likeness (QED) is 0.105. The molecule has 3 aromatic carbocycles. The van der Waals surface area contributed by atoms with Crippen molar-refractivity contribution in [1.82, 2.24) is 4.98 Å². The van der Waals surface area contributed by atoms with Crippen LogP contribution in [0.4, 0.5) is 0 Å². The summed E-state index contributed by atoms with van der Waals surface area (Å²) in [5, 5.41) is 0.